The molecule has 0 unspecified atom stereocenters. The zero-order valence-corrected chi connectivity index (χ0v) is 17.0. The van der Waals surface area contributed by atoms with Crippen molar-refractivity contribution in [2.75, 3.05) is 14.1 Å². The van der Waals surface area contributed by atoms with Crippen LogP contribution < -0.4 is 0 Å². The van der Waals surface area contributed by atoms with Crippen molar-refractivity contribution in [3.05, 3.63) is 11.6 Å². The summed E-state index contributed by atoms with van der Waals surface area (Å²) in [4.78, 5) is 14.7. The standard InChI is InChI=1S/C23H37NO/c1-15(25)19-8-9-20-18-7-6-16-14-17(24(4)5)10-12-22(16,2)21(18)11-13-23(19,20)3/h6,17-21H,7-14H2,1-5H3/t17-,18-,19-,20-,21+,22-,23-/m0/s1. The fourth-order valence-electron chi connectivity index (χ4n) is 7.75. The molecule has 0 amide bonds. The fraction of sp³-hybridized carbons (Fsp3) is 0.870. The van der Waals surface area contributed by atoms with E-state index in [-0.39, 0.29) is 5.41 Å². The van der Waals surface area contributed by atoms with Crippen molar-refractivity contribution in [1.29, 1.82) is 0 Å². The minimum atomic E-state index is 0.287. The van der Waals surface area contributed by atoms with E-state index in [1.54, 1.807) is 5.57 Å². The molecule has 25 heavy (non-hydrogen) atoms. The van der Waals surface area contributed by atoms with E-state index in [2.05, 4.69) is 38.9 Å². The van der Waals surface area contributed by atoms with Gasteiger partial charge in [0.15, 0.2) is 0 Å². The molecular weight excluding hydrogens is 306 g/mol. The van der Waals surface area contributed by atoms with Gasteiger partial charge in [0.05, 0.1) is 0 Å². The summed E-state index contributed by atoms with van der Waals surface area (Å²) in [5.41, 5.74) is 2.49. The highest BCUT2D eigenvalue weighted by molar-refractivity contribution is 5.79. The molecule has 0 heterocycles. The van der Waals surface area contributed by atoms with E-state index in [1.807, 2.05) is 6.92 Å². The SMILES string of the molecule is CC(=O)[C@@H]1CC[C@H]2[C@@H]3CC=C4C[C@@H](N(C)C)CC[C@]4(C)[C@@H]3CC[C@@]12C. The highest BCUT2D eigenvalue weighted by Gasteiger charge is 2.59. The number of hydrogen-bond donors (Lipinski definition) is 0. The molecule has 0 aromatic rings. The van der Waals surface area contributed by atoms with Crippen LogP contribution in [0.2, 0.25) is 0 Å². The van der Waals surface area contributed by atoms with E-state index >= 15 is 0 Å². The summed E-state index contributed by atoms with van der Waals surface area (Å²) in [6.45, 7) is 6.88. The molecule has 0 radical (unpaired) electrons. The highest BCUT2D eigenvalue weighted by atomic mass is 16.1. The van der Waals surface area contributed by atoms with E-state index in [4.69, 9.17) is 0 Å². The number of allylic oxidation sites excluding steroid dienone is 1. The number of nitrogens with zero attached hydrogens (tertiary/aromatic N) is 1. The molecule has 0 aromatic heterocycles. The van der Waals surface area contributed by atoms with Crippen LogP contribution in [-0.4, -0.2) is 30.8 Å². The van der Waals surface area contributed by atoms with E-state index in [0.717, 1.165) is 30.2 Å². The molecule has 140 valence electrons. The Balaban J connectivity index is 1.62. The smallest absolute Gasteiger partial charge is 0.133 e. The summed E-state index contributed by atoms with van der Waals surface area (Å²) in [6, 6.07) is 0.735. The van der Waals surface area contributed by atoms with Gasteiger partial charge >= 0.3 is 0 Å². The number of fused-ring (bicyclic) bond motifs is 5. The maximum atomic E-state index is 12.2. The van der Waals surface area contributed by atoms with Crippen LogP contribution in [0.3, 0.4) is 0 Å². The molecule has 3 saturated carbocycles. The molecule has 4 aliphatic rings. The highest BCUT2D eigenvalue weighted by Crippen LogP contribution is 2.66. The number of carbonyl (C=O) groups excluding carboxylic acids is 1. The molecule has 0 spiro atoms. The van der Waals surface area contributed by atoms with Crippen molar-refractivity contribution in [2.45, 2.75) is 78.2 Å². The van der Waals surface area contributed by atoms with Gasteiger partial charge in [-0.1, -0.05) is 25.5 Å². The summed E-state index contributed by atoms with van der Waals surface area (Å²) in [6.07, 6.45) is 13.0. The summed E-state index contributed by atoms with van der Waals surface area (Å²) >= 11 is 0. The summed E-state index contributed by atoms with van der Waals surface area (Å²) in [5.74, 6) is 3.25. The Bertz CT molecular complexity index is 593. The van der Waals surface area contributed by atoms with Crippen LogP contribution >= 0.6 is 0 Å². The predicted molar refractivity (Wildman–Crippen MR) is 103 cm³/mol. The summed E-state index contributed by atoms with van der Waals surface area (Å²) in [5, 5.41) is 0. The van der Waals surface area contributed by atoms with Crippen molar-refractivity contribution >= 4 is 5.78 Å². The molecular formula is C23H37NO. The Morgan fingerprint density at radius 2 is 1.84 bits per heavy atom. The molecule has 0 saturated heterocycles. The second-order valence-corrected chi connectivity index (χ2v) is 10.4. The molecule has 3 fully saturated rings. The van der Waals surface area contributed by atoms with Gasteiger partial charge < -0.3 is 4.90 Å². The lowest BCUT2D eigenvalue weighted by Crippen LogP contribution is -2.51. The number of hydrogen-bond acceptors (Lipinski definition) is 2. The van der Waals surface area contributed by atoms with Crippen LogP contribution in [0.4, 0.5) is 0 Å². The van der Waals surface area contributed by atoms with E-state index in [9.17, 15) is 4.79 Å². The van der Waals surface area contributed by atoms with Crippen LogP contribution in [-0.2, 0) is 4.79 Å². The van der Waals surface area contributed by atoms with E-state index < -0.39 is 0 Å². The van der Waals surface area contributed by atoms with Gasteiger partial charge in [-0.15, -0.1) is 0 Å². The lowest BCUT2D eigenvalue weighted by molar-refractivity contribution is -0.127. The van der Waals surface area contributed by atoms with Crippen LogP contribution in [0.25, 0.3) is 0 Å². The van der Waals surface area contributed by atoms with Gasteiger partial charge in [0, 0.05) is 12.0 Å². The molecule has 7 atom stereocenters. The molecule has 0 aromatic carbocycles. The molecule has 0 bridgehead atoms. The summed E-state index contributed by atoms with van der Waals surface area (Å²) < 4.78 is 0. The molecule has 0 N–H and O–H groups in total. The number of rotatable bonds is 2. The topological polar surface area (TPSA) is 20.3 Å². The second-order valence-electron chi connectivity index (χ2n) is 10.4. The van der Waals surface area contributed by atoms with Crippen molar-refractivity contribution in [1.82, 2.24) is 4.90 Å². The largest absolute Gasteiger partial charge is 0.306 e. The third kappa shape index (κ3) is 2.50. The van der Waals surface area contributed by atoms with E-state index in [1.165, 1.54) is 44.9 Å². The fourth-order valence-corrected chi connectivity index (χ4v) is 7.75. The van der Waals surface area contributed by atoms with Crippen LogP contribution in [0.1, 0.15) is 72.1 Å². The number of carbonyl (C=O) groups is 1. The molecule has 2 heteroatoms. The van der Waals surface area contributed by atoms with E-state index in [0.29, 0.717) is 17.1 Å². The first-order chi connectivity index (χ1) is 11.8. The zero-order valence-electron chi connectivity index (χ0n) is 17.0. The van der Waals surface area contributed by atoms with Crippen LogP contribution in [0, 0.1) is 34.5 Å². The van der Waals surface area contributed by atoms with Crippen molar-refractivity contribution in [3.8, 4) is 0 Å². The predicted octanol–water partition coefficient (Wildman–Crippen LogP) is 5.08. The molecule has 4 rings (SSSR count). The minimum Gasteiger partial charge on any atom is -0.306 e. The van der Waals surface area contributed by atoms with Crippen molar-refractivity contribution in [3.63, 3.8) is 0 Å². The quantitative estimate of drug-likeness (QED) is 0.651. The number of Topliss-reactive ketones (excluding diaryl/α,β-unsaturated/α-hetero) is 1. The first-order valence-corrected chi connectivity index (χ1v) is 10.6. The van der Waals surface area contributed by atoms with Crippen LogP contribution in [0.15, 0.2) is 11.6 Å². The van der Waals surface area contributed by atoms with Gasteiger partial charge in [-0.3, -0.25) is 4.79 Å². The Hall–Kier alpha value is -0.630. The monoisotopic (exact) mass is 343 g/mol. The zero-order chi connectivity index (χ0) is 18.0. The summed E-state index contributed by atoms with van der Waals surface area (Å²) in [7, 11) is 4.48. The van der Waals surface area contributed by atoms with Gasteiger partial charge in [0.1, 0.15) is 5.78 Å². The third-order valence-corrected chi connectivity index (χ3v) is 9.30. The average Bonchev–Trinajstić information content (AvgIpc) is 2.91. The van der Waals surface area contributed by atoms with Gasteiger partial charge in [-0.25, -0.2) is 0 Å². The Morgan fingerprint density at radius 3 is 2.52 bits per heavy atom. The molecule has 4 aliphatic carbocycles. The number of ketones is 1. The van der Waals surface area contributed by atoms with Crippen molar-refractivity contribution < 1.29 is 4.79 Å². The third-order valence-electron chi connectivity index (χ3n) is 9.30. The minimum absolute atomic E-state index is 0.287. The normalized spacial score (nSPS) is 49.2. The maximum absolute atomic E-state index is 12.2. The van der Waals surface area contributed by atoms with Gasteiger partial charge in [0.2, 0.25) is 0 Å². The first kappa shape index (κ1) is 17.8. The average molecular weight is 344 g/mol. The van der Waals surface area contributed by atoms with Crippen molar-refractivity contribution in [2.24, 2.45) is 34.5 Å². The Morgan fingerprint density at radius 1 is 1.08 bits per heavy atom. The lowest BCUT2D eigenvalue weighted by Gasteiger charge is -2.58. The van der Waals surface area contributed by atoms with Gasteiger partial charge in [-0.2, -0.15) is 0 Å². The molecule has 0 aliphatic heterocycles. The lowest BCUT2D eigenvalue weighted by atomic mass is 9.47. The Labute approximate surface area is 154 Å². The maximum Gasteiger partial charge on any atom is 0.133 e. The molecule has 2 nitrogen and oxygen atoms in total. The van der Waals surface area contributed by atoms with Gasteiger partial charge in [0.25, 0.3) is 0 Å². The second kappa shape index (κ2) is 5.94. The first-order valence-electron chi connectivity index (χ1n) is 10.6. The van der Waals surface area contributed by atoms with Crippen LogP contribution in [0.5, 0.6) is 0 Å². The Kier molecular flexibility index (Phi) is 4.22. The van der Waals surface area contributed by atoms with Gasteiger partial charge in [-0.05, 0) is 101 Å².